The fourth-order valence-corrected chi connectivity index (χ4v) is 2.55. The summed E-state index contributed by atoms with van der Waals surface area (Å²) in [6, 6.07) is 0. The van der Waals surface area contributed by atoms with Gasteiger partial charge >= 0.3 is 12.1 Å². The molecule has 2 rings (SSSR count). The second kappa shape index (κ2) is 4.75. The molecule has 0 bridgehead atoms. The molecule has 1 unspecified atom stereocenters. The Bertz CT molecular complexity index is 447. The largest absolute Gasteiger partial charge is 0.468 e. The van der Waals surface area contributed by atoms with E-state index >= 15 is 0 Å². The summed E-state index contributed by atoms with van der Waals surface area (Å²) < 4.78 is 10.0. The minimum Gasteiger partial charge on any atom is -0.468 e. The molecule has 20 heavy (non-hydrogen) atoms. The van der Waals surface area contributed by atoms with Crippen molar-refractivity contribution >= 4 is 17.8 Å². The van der Waals surface area contributed by atoms with E-state index in [1.807, 2.05) is 0 Å². The van der Waals surface area contributed by atoms with Gasteiger partial charge in [-0.2, -0.15) is 0 Å². The first-order valence-electron chi connectivity index (χ1n) is 6.80. The predicted octanol–water partition coefficient (Wildman–Crippen LogP) is 1.52. The highest BCUT2D eigenvalue weighted by Gasteiger charge is 2.57. The van der Waals surface area contributed by atoms with Crippen LogP contribution in [0.15, 0.2) is 0 Å². The zero-order valence-electron chi connectivity index (χ0n) is 12.4. The van der Waals surface area contributed by atoms with E-state index in [0.717, 1.165) is 12.8 Å². The molecule has 0 aromatic carbocycles. The van der Waals surface area contributed by atoms with Crippen molar-refractivity contribution in [1.82, 2.24) is 4.90 Å². The lowest BCUT2D eigenvalue weighted by Crippen LogP contribution is -2.55. The number of amides is 1. The Morgan fingerprint density at radius 3 is 2.35 bits per heavy atom. The molecule has 1 heterocycles. The van der Waals surface area contributed by atoms with Crippen LogP contribution in [0.2, 0.25) is 0 Å². The van der Waals surface area contributed by atoms with E-state index in [1.165, 1.54) is 7.11 Å². The maximum absolute atomic E-state index is 12.3. The average molecular weight is 283 g/mol. The lowest BCUT2D eigenvalue weighted by molar-refractivity contribution is -0.152. The molecule has 0 aromatic heterocycles. The predicted molar refractivity (Wildman–Crippen MR) is 70.0 cm³/mol. The Labute approximate surface area is 118 Å². The van der Waals surface area contributed by atoms with Gasteiger partial charge in [-0.3, -0.25) is 9.59 Å². The van der Waals surface area contributed by atoms with Crippen LogP contribution in [0.3, 0.4) is 0 Å². The number of ketones is 1. The van der Waals surface area contributed by atoms with Gasteiger partial charge in [-0.15, -0.1) is 0 Å². The van der Waals surface area contributed by atoms with Crippen LogP contribution in [0.4, 0.5) is 4.79 Å². The Balaban J connectivity index is 2.16. The van der Waals surface area contributed by atoms with Crippen LogP contribution in [0.5, 0.6) is 0 Å². The van der Waals surface area contributed by atoms with Crippen molar-refractivity contribution < 1.29 is 23.9 Å². The van der Waals surface area contributed by atoms with Crippen LogP contribution in [-0.4, -0.2) is 47.5 Å². The second-order valence-corrected chi connectivity index (χ2v) is 6.53. The third kappa shape index (κ3) is 2.78. The molecule has 112 valence electrons. The number of hydrogen-bond acceptors (Lipinski definition) is 5. The first kappa shape index (κ1) is 14.8. The molecule has 1 atom stereocenters. The molecule has 1 saturated carbocycles. The Morgan fingerprint density at radius 1 is 1.30 bits per heavy atom. The van der Waals surface area contributed by atoms with Gasteiger partial charge in [0.1, 0.15) is 11.5 Å². The molecule has 6 heteroatoms. The third-order valence-corrected chi connectivity index (χ3v) is 3.76. The van der Waals surface area contributed by atoms with Gasteiger partial charge < -0.3 is 14.4 Å². The summed E-state index contributed by atoms with van der Waals surface area (Å²) in [5.74, 6) is -1.62. The molecule has 1 amide bonds. The van der Waals surface area contributed by atoms with Gasteiger partial charge in [0.05, 0.1) is 12.6 Å². The average Bonchev–Trinajstić information content (AvgIpc) is 3.06. The fourth-order valence-electron chi connectivity index (χ4n) is 2.55. The standard InChI is InChI=1S/C14H21NO5/c1-13(2,3)20-12(18)15-8-9(11(17)19-4)10(16)7-14(15)5-6-14/h9H,5-8H2,1-4H3. The molecule has 1 saturated heterocycles. The number of nitrogens with zero attached hydrogens (tertiary/aromatic N) is 1. The van der Waals surface area contributed by atoms with Crippen molar-refractivity contribution in [3.63, 3.8) is 0 Å². The van der Waals surface area contributed by atoms with E-state index in [4.69, 9.17) is 4.74 Å². The molecule has 0 aromatic rings. The first-order valence-corrected chi connectivity index (χ1v) is 6.80. The molecular formula is C14H21NO5. The molecule has 0 N–H and O–H groups in total. The van der Waals surface area contributed by atoms with E-state index < -0.39 is 29.1 Å². The highest BCUT2D eigenvalue weighted by molar-refractivity contribution is 6.01. The number of methoxy groups -OCH3 is 1. The SMILES string of the molecule is COC(=O)C1CN(C(=O)OC(C)(C)C)C2(CC2)CC1=O. The molecular weight excluding hydrogens is 262 g/mol. The van der Waals surface area contributed by atoms with Crippen LogP contribution in [0.1, 0.15) is 40.0 Å². The second-order valence-electron chi connectivity index (χ2n) is 6.53. The van der Waals surface area contributed by atoms with E-state index in [9.17, 15) is 14.4 Å². The number of esters is 1. The van der Waals surface area contributed by atoms with Gasteiger partial charge in [0, 0.05) is 13.0 Å². The summed E-state index contributed by atoms with van der Waals surface area (Å²) in [5.41, 5.74) is -1.03. The summed E-state index contributed by atoms with van der Waals surface area (Å²) in [5, 5.41) is 0. The monoisotopic (exact) mass is 283 g/mol. The number of carbonyl (C=O) groups is 3. The summed E-state index contributed by atoms with van der Waals surface area (Å²) in [4.78, 5) is 37.5. The molecule has 0 radical (unpaired) electrons. The number of ether oxygens (including phenoxy) is 2. The zero-order chi connectivity index (χ0) is 15.1. The topological polar surface area (TPSA) is 72.9 Å². The van der Waals surface area contributed by atoms with Crippen molar-refractivity contribution in [1.29, 1.82) is 0 Å². The van der Waals surface area contributed by atoms with Crippen LogP contribution >= 0.6 is 0 Å². The Hall–Kier alpha value is -1.59. The first-order chi connectivity index (χ1) is 9.18. The summed E-state index contributed by atoms with van der Waals surface area (Å²) in [6.07, 6.45) is 1.32. The van der Waals surface area contributed by atoms with Gasteiger partial charge in [-0.1, -0.05) is 0 Å². The van der Waals surface area contributed by atoms with Gasteiger partial charge in [0.2, 0.25) is 0 Å². The Kier molecular flexibility index (Phi) is 3.52. The van der Waals surface area contributed by atoms with E-state index in [1.54, 1.807) is 25.7 Å². The number of hydrogen-bond donors (Lipinski definition) is 0. The summed E-state index contributed by atoms with van der Waals surface area (Å²) in [7, 11) is 1.24. The van der Waals surface area contributed by atoms with Crippen LogP contribution in [-0.2, 0) is 19.1 Å². The summed E-state index contributed by atoms with van der Waals surface area (Å²) >= 11 is 0. The maximum atomic E-state index is 12.3. The van der Waals surface area contributed by atoms with Gasteiger partial charge in [0.15, 0.2) is 5.78 Å². The molecule has 1 spiro atoms. The van der Waals surface area contributed by atoms with Gasteiger partial charge in [-0.05, 0) is 33.6 Å². The van der Waals surface area contributed by atoms with Crippen molar-refractivity contribution in [3.05, 3.63) is 0 Å². The lowest BCUT2D eigenvalue weighted by Gasteiger charge is -2.39. The van der Waals surface area contributed by atoms with Crippen molar-refractivity contribution in [3.8, 4) is 0 Å². The van der Waals surface area contributed by atoms with Crippen LogP contribution in [0, 0.1) is 5.92 Å². The highest BCUT2D eigenvalue weighted by Crippen LogP contribution is 2.48. The number of Topliss-reactive ketones (excluding diaryl/α,β-unsaturated/α-hetero) is 1. The number of piperidine rings is 1. The molecule has 1 aliphatic heterocycles. The number of rotatable bonds is 1. The number of carbonyl (C=O) groups excluding carboxylic acids is 3. The lowest BCUT2D eigenvalue weighted by atomic mass is 9.90. The van der Waals surface area contributed by atoms with Crippen molar-refractivity contribution in [2.24, 2.45) is 5.92 Å². The third-order valence-electron chi connectivity index (χ3n) is 3.76. The van der Waals surface area contributed by atoms with Crippen molar-refractivity contribution in [2.45, 2.75) is 51.2 Å². The minimum atomic E-state index is -0.890. The van der Waals surface area contributed by atoms with Gasteiger partial charge in [-0.25, -0.2) is 4.79 Å². The molecule has 6 nitrogen and oxygen atoms in total. The van der Waals surface area contributed by atoms with E-state index in [2.05, 4.69) is 4.74 Å². The van der Waals surface area contributed by atoms with Crippen LogP contribution in [0.25, 0.3) is 0 Å². The highest BCUT2D eigenvalue weighted by atomic mass is 16.6. The maximum Gasteiger partial charge on any atom is 0.410 e. The molecule has 1 aliphatic carbocycles. The molecule has 2 aliphatic rings. The normalized spacial score (nSPS) is 24.5. The fraction of sp³-hybridized carbons (Fsp3) is 0.786. The molecule has 2 fully saturated rings. The van der Waals surface area contributed by atoms with E-state index in [-0.39, 0.29) is 18.7 Å². The summed E-state index contributed by atoms with van der Waals surface area (Å²) in [6.45, 7) is 5.42. The van der Waals surface area contributed by atoms with Crippen molar-refractivity contribution in [2.75, 3.05) is 13.7 Å². The van der Waals surface area contributed by atoms with E-state index in [0.29, 0.717) is 0 Å². The van der Waals surface area contributed by atoms with Gasteiger partial charge in [0.25, 0.3) is 0 Å². The van der Waals surface area contributed by atoms with Crippen LogP contribution < -0.4 is 0 Å². The zero-order valence-corrected chi connectivity index (χ0v) is 12.4. The minimum absolute atomic E-state index is 0.0560. The smallest absolute Gasteiger partial charge is 0.410 e. The Morgan fingerprint density at radius 2 is 1.90 bits per heavy atom. The number of likely N-dealkylation sites (tertiary alicyclic amines) is 1. The quantitative estimate of drug-likeness (QED) is 0.539.